The summed E-state index contributed by atoms with van der Waals surface area (Å²) in [7, 11) is -1.61. The van der Waals surface area contributed by atoms with Crippen molar-refractivity contribution in [2.45, 2.75) is 22.2 Å². The van der Waals surface area contributed by atoms with Crippen molar-refractivity contribution in [2.24, 2.45) is 7.05 Å². The molecule has 0 bridgehead atoms. The third-order valence-corrected chi connectivity index (χ3v) is 7.41. The van der Waals surface area contributed by atoms with E-state index < -0.39 is 10.0 Å². The summed E-state index contributed by atoms with van der Waals surface area (Å²) in [6, 6.07) is 8.40. The fourth-order valence-electron chi connectivity index (χ4n) is 2.82. The fraction of sp³-hybridized carbons (Fsp3) is 0.412. The molecule has 0 aliphatic carbocycles. The zero-order valence-corrected chi connectivity index (χ0v) is 16.4. The minimum Gasteiger partial charge on any atom is -0.339 e. The molecule has 0 N–H and O–H groups in total. The van der Waals surface area contributed by atoms with E-state index in [1.165, 1.54) is 16.1 Å². The number of hydrogen-bond acceptors (Lipinski definition) is 5. The number of rotatable bonds is 5. The van der Waals surface area contributed by atoms with Gasteiger partial charge in [0.15, 0.2) is 5.16 Å². The summed E-state index contributed by atoms with van der Waals surface area (Å²) in [5.41, 5.74) is 0. The molecule has 3 rings (SSSR count). The average molecular weight is 395 g/mol. The van der Waals surface area contributed by atoms with E-state index in [9.17, 15) is 13.2 Å². The standard InChI is InChI=1S/C17H22N4O3S2/c1-14(25-17-18-8-9-19(17)2)16(22)20-10-12-21(13-11-20)26(23,24)15-6-4-3-5-7-15/h3-9,14H,10-13H2,1-2H3/t14-/m1/s1. The van der Waals surface area contributed by atoms with Gasteiger partial charge in [-0.2, -0.15) is 4.31 Å². The molecule has 0 radical (unpaired) electrons. The van der Waals surface area contributed by atoms with Gasteiger partial charge in [-0.05, 0) is 19.1 Å². The summed E-state index contributed by atoms with van der Waals surface area (Å²) in [5, 5.41) is 0.518. The van der Waals surface area contributed by atoms with Crippen LogP contribution in [0.5, 0.6) is 0 Å². The Bertz CT molecular complexity index is 859. The molecule has 2 aromatic rings. The molecule has 7 nitrogen and oxygen atoms in total. The molecule has 1 aliphatic heterocycles. The number of piperazine rings is 1. The SMILES string of the molecule is C[C@@H](Sc1nccn1C)C(=O)N1CCN(S(=O)(=O)c2ccccc2)CC1. The quantitative estimate of drug-likeness (QED) is 0.717. The van der Waals surface area contributed by atoms with Gasteiger partial charge in [-0.15, -0.1) is 0 Å². The predicted molar refractivity (Wildman–Crippen MR) is 100 cm³/mol. The highest BCUT2D eigenvalue weighted by Gasteiger charge is 2.31. The van der Waals surface area contributed by atoms with Crippen LogP contribution in [0.15, 0.2) is 52.8 Å². The summed E-state index contributed by atoms with van der Waals surface area (Å²) in [5.74, 6) is 0.00904. The molecule has 0 saturated carbocycles. The van der Waals surface area contributed by atoms with Gasteiger partial charge in [-0.25, -0.2) is 13.4 Å². The first-order valence-corrected chi connectivity index (χ1v) is 10.7. The van der Waals surface area contributed by atoms with Gasteiger partial charge in [0.25, 0.3) is 0 Å². The predicted octanol–water partition coefficient (Wildman–Crippen LogP) is 1.43. The van der Waals surface area contributed by atoms with Crippen molar-refractivity contribution >= 4 is 27.7 Å². The minimum absolute atomic E-state index is 0.00904. The van der Waals surface area contributed by atoms with Crippen molar-refractivity contribution in [1.82, 2.24) is 18.8 Å². The number of carbonyl (C=O) groups is 1. The van der Waals surface area contributed by atoms with Crippen LogP contribution in [0.1, 0.15) is 6.92 Å². The Morgan fingerprint density at radius 3 is 2.38 bits per heavy atom. The Morgan fingerprint density at radius 1 is 1.15 bits per heavy atom. The van der Waals surface area contributed by atoms with Gasteiger partial charge in [-0.1, -0.05) is 30.0 Å². The average Bonchev–Trinajstić information content (AvgIpc) is 3.06. The molecule has 9 heteroatoms. The number of amides is 1. The zero-order valence-electron chi connectivity index (χ0n) is 14.8. The number of carbonyl (C=O) groups excluding carboxylic acids is 1. The van der Waals surface area contributed by atoms with E-state index in [-0.39, 0.29) is 11.2 Å². The van der Waals surface area contributed by atoms with Crippen LogP contribution in [0.3, 0.4) is 0 Å². The highest BCUT2D eigenvalue weighted by Crippen LogP contribution is 2.23. The summed E-state index contributed by atoms with van der Waals surface area (Å²) in [6.45, 7) is 3.27. The topological polar surface area (TPSA) is 75.5 Å². The van der Waals surface area contributed by atoms with Crippen molar-refractivity contribution in [3.05, 3.63) is 42.7 Å². The summed E-state index contributed by atoms with van der Waals surface area (Å²) in [4.78, 5) is 18.9. The Kier molecular flexibility index (Phi) is 5.69. The smallest absolute Gasteiger partial charge is 0.243 e. The van der Waals surface area contributed by atoms with Gasteiger partial charge >= 0.3 is 0 Å². The highest BCUT2D eigenvalue weighted by molar-refractivity contribution is 8.00. The molecule has 1 aromatic carbocycles. The summed E-state index contributed by atoms with van der Waals surface area (Å²) in [6.07, 6.45) is 3.54. The van der Waals surface area contributed by atoms with Gasteiger partial charge in [0, 0.05) is 45.6 Å². The molecule has 1 amide bonds. The largest absolute Gasteiger partial charge is 0.339 e. The van der Waals surface area contributed by atoms with E-state index in [2.05, 4.69) is 4.98 Å². The Morgan fingerprint density at radius 2 is 1.81 bits per heavy atom. The normalized spacial score (nSPS) is 17.2. The molecule has 1 saturated heterocycles. The Hall–Kier alpha value is -1.84. The first kappa shape index (κ1) is 18.9. The van der Waals surface area contributed by atoms with E-state index in [1.807, 2.05) is 24.7 Å². The Labute approximate surface area is 158 Å². The number of benzene rings is 1. The van der Waals surface area contributed by atoms with Gasteiger partial charge < -0.3 is 9.47 Å². The number of imidazole rings is 1. The molecule has 0 unspecified atom stereocenters. The fourth-order valence-corrected chi connectivity index (χ4v) is 5.18. The lowest BCUT2D eigenvalue weighted by atomic mass is 10.3. The number of sulfonamides is 1. The lowest BCUT2D eigenvalue weighted by Crippen LogP contribution is -2.52. The number of hydrogen-bond donors (Lipinski definition) is 0. The van der Waals surface area contributed by atoms with Crippen LogP contribution in [0.25, 0.3) is 0 Å². The molecule has 140 valence electrons. The lowest BCUT2D eigenvalue weighted by Gasteiger charge is -2.35. The second kappa shape index (κ2) is 7.81. The van der Waals surface area contributed by atoms with Crippen LogP contribution in [0.4, 0.5) is 0 Å². The molecular weight excluding hydrogens is 372 g/mol. The van der Waals surface area contributed by atoms with Crippen molar-refractivity contribution < 1.29 is 13.2 Å². The summed E-state index contributed by atoms with van der Waals surface area (Å²) < 4.78 is 28.6. The molecular formula is C17H22N4O3S2. The highest BCUT2D eigenvalue weighted by atomic mass is 32.2. The van der Waals surface area contributed by atoms with Crippen molar-refractivity contribution in [1.29, 1.82) is 0 Å². The van der Waals surface area contributed by atoms with Gasteiger partial charge in [0.1, 0.15) is 0 Å². The monoisotopic (exact) mass is 394 g/mol. The maximum Gasteiger partial charge on any atom is 0.243 e. The van der Waals surface area contributed by atoms with Gasteiger partial charge in [0.2, 0.25) is 15.9 Å². The molecule has 0 spiro atoms. The van der Waals surface area contributed by atoms with E-state index in [0.29, 0.717) is 31.1 Å². The van der Waals surface area contributed by atoms with Crippen LogP contribution in [-0.4, -0.2) is 64.5 Å². The lowest BCUT2D eigenvalue weighted by molar-refractivity contribution is -0.131. The molecule has 1 aromatic heterocycles. The maximum absolute atomic E-state index is 12.7. The van der Waals surface area contributed by atoms with Crippen molar-refractivity contribution in [2.75, 3.05) is 26.2 Å². The van der Waals surface area contributed by atoms with E-state index in [4.69, 9.17) is 0 Å². The van der Waals surface area contributed by atoms with Gasteiger partial charge in [0.05, 0.1) is 10.1 Å². The van der Waals surface area contributed by atoms with Crippen LogP contribution >= 0.6 is 11.8 Å². The molecule has 1 aliphatic rings. The number of nitrogens with zero attached hydrogens (tertiary/aromatic N) is 4. The molecule has 1 fully saturated rings. The van der Waals surface area contributed by atoms with Crippen LogP contribution in [0, 0.1) is 0 Å². The van der Waals surface area contributed by atoms with E-state index in [1.54, 1.807) is 41.4 Å². The third-order valence-electron chi connectivity index (χ3n) is 4.34. The maximum atomic E-state index is 12.7. The number of thioether (sulfide) groups is 1. The zero-order chi connectivity index (χ0) is 18.7. The van der Waals surface area contributed by atoms with E-state index >= 15 is 0 Å². The minimum atomic E-state index is -3.50. The first-order chi connectivity index (χ1) is 12.4. The molecule has 26 heavy (non-hydrogen) atoms. The molecule has 1 atom stereocenters. The first-order valence-electron chi connectivity index (χ1n) is 8.37. The van der Waals surface area contributed by atoms with Crippen molar-refractivity contribution in [3.8, 4) is 0 Å². The molecule has 2 heterocycles. The van der Waals surface area contributed by atoms with Crippen LogP contribution in [-0.2, 0) is 21.9 Å². The van der Waals surface area contributed by atoms with E-state index in [0.717, 1.165) is 5.16 Å². The second-order valence-electron chi connectivity index (χ2n) is 6.12. The number of aromatic nitrogens is 2. The number of aryl methyl sites for hydroxylation is 1. The van der Waals surface area contributed by atoms with Crippen molar-refractivity contribution in [3.63, 3.8) is 0 Å². The van der Waals surface area contributed by atoms with Crippen LogP contribution < -0.4 is 0 Å². The van der Waals surface area contributed by atoms with Gasteiger partial charge in [-0.3, -0.25) is 4.79 Å². The summed E-state index contributed by atoms with van der Waals surface area (Å²) >= 11 is 1.41. The third kappa shape index (κ3) is 3.94. The Balaban J connectivity index is 1.59. The van der Waals surface area contributed by atoms with Crippen LogP contribution in [0.2, 0.25) is 0 Å². The second-order valence-corrected chi connectivity index (χ2v) is 9.37.